The largest absolute Gasteiger partial charge is 0.329 e. The molecule has 0 N–H and O–H groups in total. The maximum atomic E-state index is 13.1. The van der Waals surface area contributed by atoms with Gasteiger partial charge in [0.15, 0.2) is 0 Å². The number of para-hydroxylation sites is 1. The van der Waals surface area contributed by atoms with E-state index in [2.05, 4.69) is 6.92 Å². The monoisotopic (exact) mass is 377 g/mol. The third-order valence-electron chi connectivity index (χ3n) is 5.26. The van der Waals surface area contributed by atoms with Crippen LogP contribution in [-0.2, 0) is 13.0 Å². The van der Waals surface area contributed by atoms with Crippen molar-refractivity contribution < 1.29 is 4.79 Å². The topological polar surface area (TPSA) is 55.2 Å². The summed E-state index contributed by atoms with van der Waals surface area (Å²) in [5.74, 6) is 0.564. The second kappa shape index (κ2) is 8.38. The Morgan fingerprint density at radius 2 is 1.75 bits per heavy atom. The van der Waals surface area contributed by atoms with E-state index >= 15 is 0 Å². The van der Waals surface area contributed by atoms with E-state index in [1.54, 1.807) is 15.5 Å². The molecule has 0 fully saturated rings. The van der Waals surface area contributed by atoms with Gasteiger partial charge in [0, 0.05) is 18.7 Å². The molecule has 0 bridgehead atoms. The van der Waals surface area contributed by atoms with Gasteiger partial charge in [0.05, 0.1) is 16.9 Å². The van der Waals surface area contributed by atoms with Crippen molar-refractivity contribution in [1.29, 1.82) is 0 Å². The van der Waals surface area contributed by atoms with E-state index in [1.165, 1.54) is 5.56 Å². The zero-order valence-corrected chi connectivity index (χ0v) is 17.0. The number of benzene rings is 2. The summed E-state index contributed by atoms with van der Waals surface area (Å²) in [4.78, 5) is 32.6. The minimum Gasteiger partial charge on any atom is -0.329 e. The molecule has 28 heavy (non-hydrogen) atoms. The molecule has 5 nitrogen and oxygen atoms in total. The number of hydrogen-bond acceptors (Lipinski definition) is 3. The maximum absolute atomic E-state index is 13.1. The van der Waals surface area contributed by atoms with Crippen LogP contribution in [0.2, 0.25) is 0 Å². The average molecular weight is 377 g/mol. The summed E-state index contributed by atoms with van der Waals surface area (Å²) in [6.45, 7) is 8.94. The van der Waals surface area contributed by atoms with Gasteiger partial charge >= 0.3 is 0 Å². The first kappa shape index (κ1) is 19.8. The van der Waals surface area contributed by atoms with Gasteiger partial charge in [0.2, 0.25) is 0 Å². The highest BCUT2D eigenvalue weighted by atomic mass is 16.2. The molecule has 0 spiro atoms. The first-order valence-electron chi connectivity index (χ1n) is 9.91. The highest BCUT2D eigenvalue weighted by Gasteiger charge is 2.25. The summed E-state index contributed by atoms with van der Waals surface area (Å²) in [6, 6.07) is 14.8. The summed E-state index contributed by atoms with van der Waals surface area (Å²) in [5.41, 5.74) is 2.45. The fourth-order valence-electron chi connectivity index (χ4n) is 3.59. The zero-order valence-electron chi connectivity index (χ0n) is 17.0. The molecule has 1 heterocycles. The number of hydrogen-bond donors (Lipinski definition) is 0. The molecule has 3 rings (SSSR count). The van der Waals surface area contributed by atoms with E-state index in [-0.39, 0.29) is 17.5 Å². The molecule has 0 saturated heterocycles. The van der Waals surface area contributed by atoms with Gasteiger partial charge in [0.25, 0.3) is 11.5 Å². The lowest BCUT2D eigenvalue weighted by Crippen LogP contribution is -2.37. The smallest absolute Gasteiger partial charge is 0.261 e. The number of rotatable bonds is 6. The highest BCUT2D eigenvalue weighted by Crippen LogP contribution is 2.22. The van der Waals surface area contributed by atoms with E-state index in [0.29, 0.717) is 35.4 Å². The number of carbonyl (C=O) groups is 1. The van der Waals surface area contributed by atoms with Crippen LogP contribution in [0.25, 0.3) is 10.9 Å². The second-order valence-electron chi connectivity index (χ2n) is 6.85. The van der Waals surface area contributed by atoms with E-state index in [1.807, 2.05) is 63.2 Å². The van der Waals surface area contributed by atoms with Gasteiger partial charge in [-0.3, -0.25) is 14.2 Å². The van der Waals surface area contributed by atoms with Gasteiger partial charge in [-0.1, -0.05) is 31.2 Å². The molecule has 1 amide bonds. The molecule has 0 saturated carbocycles. The fourth-order valence-corrected chi connectivity index (χ4v) is 3.59. The summed E-state index contributed by atoms with van der Waals surface area (Å²) in [5, 5.41) is 0.602. The molecule has 146 valence electrons. The lowest BCUT2D eigenvalue weighted by Gasteiger charge is -2.29. The Hall–Kier alpha value is -2.95. The molecular weight excluding hydrogens is 350 g/mol. The number of aryl methyl sites for hydroxylation is 1. The molecule has 0 aliphatic rings. The quantitative estimate of drug-likeness (QED) is 0.647. The number of fused-ring (bicyclic) bond motifs is 1. The summed E-state index contributed by atoms with van der Waals surface area (Å²) >= 11 is 0. The number of aromatic nitrogens is 2. The van der Waals surface area contributed by atoms with Crippen LogP contribution in [0.15, 0.2) is 53.3 Å². The maximum Gasteiger partial charge on any atom is 0.261 e. The van der Waals surface area contributed by atoms with Gasteiger partial charge < -0.3 is 4.90 Å². The fraction of sp³-hybridized carbons (Fsp3) is 0.348. The van der Waals surface area contributed by atoms with Crippen LogP contribution in [0.4, 0.5) is 0 Å². The molecule has 0 aliphatic carbocycles. The van der Waals surface area contributed by atoms with Gasteiger partial charge in [0.1, 0.15) is 5.82 Å². The van der Waals surface area contributed by atoms with E-state index < -0.39 is 0 Å². The molecule has 0 aliphatic heterocycles. The SMILES string of the molecule is CCc1ccc(C(=O)N(CC)C(C)c2nc3ccccc3c(=O)n2CC)cc1. The lowest BCUT2D eigenvalue weighted by atomic mass is 10.1. The predicted molar refractivity (Wildman–Crippen MR) is 113 cm³/mol. The number of carbonyl (C=O) groups excluding carboxylic acids is 1. The van der Waals surface area contributed by atoms with Crippen molar-refractivity contribution in [3.63, 3.8) is 0 Å². The molecule has 1 aromatic heterocycles. The zero-order chi connectivity index (χ0) is 20.3. The van der Waals surface area contributed by atoms with Crippen LogP contribution in [0, 0.1) is 0 Å². The number of nitrogens with zero attached hydrogens (tertiary/aromatic N) is 3. The molecule has 1 atom stereocenters. The second-order valence-corrected chi connectivity index (χ2v) is 6.85. The van der Waals surface area contributed by atoms with Crippen LogP contribution in [0.3, 0.4) is 0 Å². The average Bonchev–Trinajstić information content (AvgIpc) is 2.74. The van der Waals surface area contributed by atoms with Crippen molar-refractivity contribution in [3.05, 3.63) is 75.8 Å². The van der Waals surface area contributed by atoms with Crippen LogP contribution >= 0.6 is 0 Å². The molecule has 2 aromatic carbocycles. The normalized spacial score (nSPS) is 12.1. The first-order valence-corrected chi connectivity index (χ1v) is 9.91. The van der Waals surface area contributed by atoms with Crippen molar-refractivity contribution in [1.82, 2.24) is 14.5 Å². The van der Waals surface area contributed by atoms with Crippen LogP contribution in [0.1, 0.15) is 55.5 Å². The summed E-state index contributed by atoms with van der Waals surface area (Å²) in [6.07, 6.45) is 0.937. The standard InChI is InChI=1S/C23H27N3O2/c1-5-17-12-14-18(15-13-17)22(27)25(6-2)16(4)21-24-20-11-9-8-10-19(20)23(28)26(21)7-3/h8-16H,5-7H2,1-4H3. The molecule has 3 aromatic rings. The van der Waals surface area contributed by atoms with Crippen molar-refractivity contribution in [2.75, 3.05) is 6.54 Å². The Morgan fingerprint density at radius 1 is 1.07 bits per heavy atom. The lowest BCUT2D eigenvalue weighted by molar-refractivity contribution is 0.0691. The Balaban J connectivity index is 2.04. The van der Waals surface area contributed by atoms with Crippen molar-refractivity contribution in [3.8, 4) is 0 Å². The van der Waals surface area contributed by atoms with E-state index in [4.69, 9.17) is 4.98 Å². The Kier molecular flexibility index (Phi) is 5.93. The minimum atomic E-state index is -0.319. The number of amides is 1. The predicted octanol–water partition coefficient (Wildman–Crippen LogP) is 4.20. The van der Waals surface area contributed by atoms with Gasteiger partial charge in [-0.2, -0.15) is 0 Å². The summed E-state index contributed by atoms with van der Waals surface area (Å²) < 4.78 is 1.67. The van der Waals surface area contributed by atoms with Crippen molar-refractivity contribution in [2.45, 2.75) is 46.7 Å². The van der Waals surface area contributed by atoms with E-state index in [9.17, 15) is 9.59 Å². The minimum absolute atomic E-state index is 0.0530. The first-order chi connectivity index (χ1) is 13.5. The van der Waals surface area contributed by atoms with Gasteiger partial charge in [-0.15, -0.1) is 0 Å². The van der Waals surface area contributed by atoms with Crippen molar-refractivity contribution in [2.24, 2.45) is 0 Å². The van der Waals surface area contributed by atoms with Crippen LogP contribution < -0.4 is 5.56 Å². The molecule has 0 radical (unpaired) electrons. The molecule has 1 unspecified atom stereocenters. The summed E-state index contributed by atoms with van der Waals surface area (Å²) in [7, 11) is 0. The Bertz CT molecular complexity index is 1040. The molecule has 5 heteroatoms. The molecular formula is C23H27N3O2. The van der Waals surface area contributed by atoms with Crippen molar-refractivity contribution >= 4 is 16.8 Å². The van der Waals surface area contributed by atoms with Crippen LogP contribution in [-0.4, -0.2) is 26.9 Å². The Labute approximate surface area is 165 Å². The Morgan fingerprint density at radius 3 is 2.36 bits per heavy atom. The van der Waals surface area contributed by atoms with Crippen LogP contribution in [0.5, 0.6) is 0 Å². The third-order valence-corrected chi connectivity index (χ3v) is 5.26. The highest BCUT2D eigenvalue weighted by molar-refractivity contribution is 5.94. The van der Waals surface area contributed by atoms with Gasteiger partial charge in [-0.25, -0.2) is 4.98 Å². The third kappa shape index (κ3) is 3.57. The van der Waals surface area contributed by atoms with Gasteiger partial charge in [-0.05, 0) is 57.0 Å². The van der Waals surface area contributed by atoms with E-state index in [0.717, 1.165) is 6.42 Å².